The molecule has 2 atom stereocenters. The van der Waals surface area contributed by atoms with Crippen LogP contribution in [0.1, 0.15) is 13.3 Å². The molecular formula is C6H11NO4. The van der Waals surface area contributed by atoms with Crippen LogP contribution in [0.4, 0.5) is 0 Å². The van der Waals surface area contributed by atoms with Gasteiger partial charge in [0, 0.05) is 0 Å². The number of aliphatic carboxylic acids is 2. The van der Waals surface area contributed by atoms with Crippen molar-refractivity contribution in [3.63, 3.8) is 0 Å². The van der Waals surface area contributed by atoms with Gasteiger partial charge in [-0.3, -0.25) is 9.59 Å². The predicted molar refractivity (Wildman–Crippen MR) is 37.0 cm³/mol. The molecule has 0 saturated carbocycles. The molecule has 1 unspecified atom stereocenters. The highest BCUT2D eigenvalue weighted by Crippen LogP contribution is 2.04. The molecule has 0 fully saturated rings. The molecule has 11 heavy (non-hydrogen) atoms. The average Bonchev–Trinajstić information content (AvgIpc) is 1.87. The van der Waals surface area contributed by atoms with E-state index in [1.807, 2.05) is 0 Å². The summed E-state index contributed by atoms with van der Waals surface area (Å²) in [6.07, 6.45) is -0.0370. The third kappa shape index (κ3) is 3.57. The average molecular weight is 161 g/mol. The van der Waals surface area contributed by atoms with E-state index in [4.69, 9.17) is 15.9 Å². The molecule has 0 aliphatic rings. The Morgan fingerprint density at radius 2 is 1.82 bits per heavy atom. The molecule has 5 nitrogen and oxygen atoms in total. The zero-order valence-electron chi connectivity index (χ0n) is 6.15. The SMILES string of the molecule is C[C@H](CC(N)C(=O)O)C(=O)O. The Hall–Kier alpha value is -1.10. The van der Waals surface area contributed by atoms with E-state index in [9.17, 15) is 9.59 Å². The molecule has 0 aromatic carbocycles. The van der Waals surface area contributed by atoms with Crippen LogP contribution in [0.5, 0.6) is 0 Å². The molecule has 0 rings (SSSR count). The maximum atomic E-state index is 10.2. The van der Waals surface area contributed by atoms with Crippen molar-refractivity contribution in [2.75, 3.05) is 0 Å². The first kappa shape index (κ1) is 9.90. The first-order valence-electron chi connectivity index (χ1n) is 3.16. The molecule has 4 N–H and O–H groups in total. The number of hydrogen-bond donors (Lipinski definition) is 3. The Kier molecular flexibility index (Phi) is 3.53. The van der Waals surface area contributed by atoms with Crippen LogP contribution in [0.2, 0.25) is 0 Å². The Bertz CT molecular complexity index is 150. The second-order valence-electron chi connectivity index (χ2n) is 2.42. The molecular weight excluding hydrogens is 150 g/mol. The third-order valence-corrected chi connectivity index (χ3v) is 1.35. The highest BCUT2D eigenvalue weighted by atomic mass is 16.4. The van der Waals surface area contributed by atoms with E-state index in [2.05, 4.69) is 0 Å². The molecule has 5 heteroatoms. The molecule has 0 radical (unpaired) electrons. The topological polar surface area (TPSA) is 101 Å². The van der Waals surface area contributed by atoms with Crippen LogP contribution in [0.15, 0.2) is 0 Å². The van der Waals surface area contributed by atoms with Gasteiger partial charge in [0.2, 0.25) is 0 Å². The lowest BCUT2D eigenvalue weighted by molar-refractivity contribution is -0.143. The first-order valence-corrected chi connectivity index (χ1v) is 3.16. The van der Waals surface area contributed by atoms with Gasteiger partial charge in [0.25, 0.3) is 0 Å². The van der Waals surface area contributed by atoms with E-state index < -0.39 is 23.9 Å². The molecule has 0 saturated heterocycles. The van der Waals surface area contributed by atoms with Crippen molar-refractivity contribution in [1.82, 2.24) is 0 Å². The molecule has 0 aliphatic carbocycles. The van der Waals surface area contributed by atoms with Crippen molar-refractivity contribution in [3.8, 4) is 0 Å². The highest BCUT2D eigenvalue weighted by molar-refractivity contribution is 5.75. The summed E-state index contributed by atoms with van der Waals surface area (Å²) in [7, 11) is 0. The number of hydrogen-bond acceptors (Lipinski definition) is 3. The van der Waals surface area contributed by atoms with E-state index in [-0.39, 0.29) is 6.42 Å². The summed E-state index contributed by atoms with van der Waals surface area (Å²) in [4.78, 5) is 20.3. The lowest BCUT2D eigenvalue weighted by atomic mass is 10.0. The first-order chi connectivity index (χ1) is 4.95. The van der Waals surface area contributed by atoms with Crippen molar-refractivity contribution < 1.29 is 19.8 Å². The molecule has 0 aromatic rings. The van der Waals surface area contributed by atoms with Gasteiger partial charge < -0.3 is 15.9 Å². The van der Waals surface area contributed by atoms with Crippen molar-refractivity contribution in [2.45, 2.75) is 19.4 Å². The highest BCUT2D eigenvalue weighted by Gasteiger charge is 2.19. The Morgan fingerprint density at radius 3 is 2.09 bits per heavy atom. The van der Waals surface area contributed by atoms with E-state index in [0.29, 0.717) is 0 Å². The maximum Gasteiger partial charge on any atom is 0.320 e. The largest absolute Gasteiger partial charge is 0.481 e. The van der Waals surface area contributed by atoms with Crippen LogP contribution in [0.25, 0.3) is 0 Å². The van der Waals surface area contributed by atoms with Gasteiger partial charge in [-0.05, 0) is 6.42 Å². The quantitative estimate of drug-likeness (QED) is 0.516. The molecule has 0 heterocycles. The van der Waals surface area contributed by atoms with Gasteiger partial charge in [0.05, 0.1) is 5.92 Å². The van der Waals surface area contributed by atoms with Gasteiger partial charge in [-0.15, -0.1) is 0 Å². The lowest BCUT2D eigenvalue weighted by Gasteiger charge is -2.08. The fraction of sp³-hybridized carbons (Fsp3) is 0.667. The van der Waals surface area contributed by atoms with Gasteiger partial charge in [-0.1, -0.05) is 6.92 Å². The van der Waals surface area contributed by atoms with E-state index in [0.717, 1.165) is 0 Å². The van der Waals surface area contributed by atoms with Gasteiger partial charge in [-0.25, -0.2) is 0 Å². The molecule has 64 valence electrons. The second kappa shape index (κ2) is 3.92. The standard InChI is InChI=1S/C6H11NO4/c1-3(5(8)9)2-4(7)6(10)11/h3-4H,2,7H2,1H3,(H,8,9)(H,10,11)/t3-,4?/m1/s1. The van der Waals surface area contributed by atoms with Gasteiger partial charge >= 0.3 is 11.9 Å². The van der Waals surface area contributed by atoms with Gasteiger partial charge in [0.15, 0.2) is 0 Å². The second-order valence-corrected chi connectivity index (χ2v) is 2.42. The number of nitrogens with two attached hydrogens (primary N) is 1. The predicted octanol–water partition coefficient (Wildman–Crippen LogP) is -0.491. The number of carbonyl (C=O) groups is 2. The minimum Gasteiger partial charge on any atom is -0.481 e. The van der Waals surface area contributed by atoms with Crippen molar-refractivity contribution >= 4 is 11.9 Å². The molecule has 0 aliphatic heterocycles. The van der Waals surface area contributed by atoms with Crippen LogP contribution < -0.4 is 5.73 Å². The molecule has 0 spiro atoms. The Morgan fingerprint density at radius 1 is 1.36 bits per heavy atom. The van der Waals surface area contributed by atoms with Gasteiger partial charge in [-0.2, -0.15) is 0 Å². The zero-order chi connectivity index (χ0) is 9.02. The summed E-state index contributed by atoms with van der Waals surface area (Å²) in [5.41, 5.74) is 5.09. The Labute approximate surface area is 63.8 Å². The number of carboxylic acid groups (broad SMARTS) is 2. The van der Waals surface area contributed by atoms with Crippen LogP contribution in [0, 0.1) is 5.92 Å². The van der Waals surface area contributed by atoms with Crippen molar-refractivity contribution in [1.29, 1.82) is 0 Å². The maximum absolute atomic E-state index is 10.2. The van der Waals surface area contributed by atoms with Crippen LogP contribution >= 0.6 is 0 Å². The summed E-state index contributed by atoms with van der Waals surface area (Å²) in [5.74, 6) is -2.90. The fourth-order valence-corrected chi connectivity index (χ4v) is 0.583. The van der Waals surface area contributed by atoms with Gasteiger partial charge in [0.1, 0.15) is 6.04 Å². The molecule has 0 bridgehead atoms. The van der Waals surface area contributed by atoms with Crippen molar-refractivity contribution in [2.24, 2.45) is 11.7 Å². The van der Waals surface area contributed by atoms with E-state index in [1.165, 1.54) is 6.92 Å². The lowest BCUT2D eigenvalue weighted by Crippen LogP contribution is -2.33. The fourth-order valence-electron chi connectivity index (χ4n) is 0.583. The Balaban J connectivity index is 3.84. The van der Waals surface area contributed by atoms with Crippen molar-refractivity contribution in [3.05, 3.63) is 0 Å². The number of carboxylic acids is 2. The molecule has 0 aromatic heterocycles. The summed E-state index contributed by atoms with van der Waals surface area (Å²) < 4.78 is 0. The summed E-state index contributed by atoms with van der Waals surface area (Å²) >= 11 is 0. The smallest absolute Gasteiger partial charge is 0.320 e. The van der Waals surface area contributed by atoms with E-state index in [1.54, 1.807) is 0 Å². The normalized spacial score (nSPS) is 15.5. The monoisotopic (exact) mass is 161 g/mol. The third-order valence-electron chi connectivity index (χ3n) is 1.35. The van der Waals surface area contributed by atoms with Crippen LogP contribution in [-0.4, -0.2) is 28.2 Å². The van der Waals surface area contributed by atoms with Crippen LogP contribution in [0.3, 0.4) is 0 Å². The molecule has 0 amide bonds. The van der Waals surface area contributed by atoms with E-state index >= 15 is 0 Å². The minimum atomic E-state index is -1.17. The van der Waals surface area contributed by atoms with Crippen LogP contribution in [-0.2, 0) is 9.59 Å². The summed E-state index contributed by atoms with van der Waals surface area (Å²) in [6.45, 7) is 1.42. The summed E-state index contributed by atoms with van der Waals surface area (Å²) in [6, 6.07) is -1.08. The zero-order valence-corrected chi connectivity index (χ0v) is 6.15. The minimum absolute atomic E-state index is 0.0370. The number of rotatable bonds is 4. The summed E-state index contributed by atoms with van der Waals surface area (Å²) in [5, 5.41) is 16.7.